The van der Waals surface area contributed by atoms with E-state index in [-0.39, 0.29) is 38.2 Å². The van der Waals surface area contributed by atoms with Crippen LogP contribution in [0.15, 0.2) is 73.2 Å². The summed E-state index contributed by atoms with van der Waals surface area (Å²) in [6.07, 6.45) is 6.48. The summed E-state index contributed by atoms with van der Waals surface area (Å²) in [5.74, 6) is -0.126. The quantitative estimate of drug-likeness (QED) is 0.268. The van der Waals surface area contributed by atoms with E-state index in [2.05, 4.69) is 44.6 Å². The summed E-state index contributed by atoms with van der Waals surface area (Å²) in [5, 5.41) is 8.11. The lowest BCUT2D eigenvalue weighted by atomic mass is 10.1. The lowest BCUT2D eigenvalue weighted by molar-refractivity contribution is -0.155. The molecule has 0 saturated carbocycles. The van der Waals surface area contributed by atoms with E-state index in [4.69, 9.17) is 9.47 Å². The topological polar surface area (TPSA) is 132 Å². The molecule has 12 nitrogen and oxygen atoms in total. The number of esters is 1. The van der Waals surface area contributed by atoms with Crippen LogP contribution in [0.4, 0.5) is 10.7 Å². The van der Waals surface area contributed by atoms with Crippen molar-refractivity contribution in [1.82, 2.24) is 29.5 Å². The average Bonchev–Trinajstić information content (AvgIpc) is 3.63. The molecule has 1 saturated heterocycles. The molecular formula is C35H39N7O5. The van der Waals surface area contributed by atoms with Crippen LogP contribution in [0.3, 0.4) is 0 Å². The van der Waals surface area contributed by atoms with Gasteiger partial charge in [-0.3, -0.25) is 19.2 Å². The molecule has 1 N–H and O–H groups in total. The Kier molecular flexibility index (Phi) is 9.19. The summed E-state index contributed by atoms with van der Waals surface area (Å²) < 4.78 is 12.4. The second kappa shape index (κ2) is 13.6. The molecule has 2 aromatic heterocycles. The van der Waals surface area contributed by atoms with Gasteiger partial charge in [-0.05, 0) is 50.3 Å². The van der Waals surface area contributed by atoms with E-state index in [9.17, 15) is 14.4 Å². The maximum atomic E-state index is 13.2. The molecular weight excluding hydrogens is 598 g/mol. The Balaban J connectivity index is 1.13. The third-order valence-electron chi connectivity index (χ3n) is 8.02. The van der Waals surface area contributed by atoms with E-state index in [0.29, 0.717) is 35.9 Å². The number of rotatable bonds is 9. The van der Waals surface area contributed by atoms with E-state index in [1.807, 2.05) is 51.1 Å². The van der Waals surface area contributed by atoms with Crippen LogP contribution < -0.4 is 5.32 Å². The smallest absolute Gasteiger partial charge is 0.410 e. The van der Waals surface area contributed by atoms with Crippen molar-refractivity contribution in [3.63, 3.8) is 0 Å². The van der Waals surface area contributed by atoms with Crippen LogP contribution in [0.25, 0.3) is 11.1 Å². The number of nitrogens with one attached hydrogen (secondary N) is 1. The van der Waals surface area contributed by atoms with Gasteiger partial charge < -0.3 is 19.7 Å². The molecule has 0 bridgehead atoms. The van der Waals surface area contributed by atoms with Crippen molar-refractivity contribution in [3.05, 3.63) is 95.6 Å². The molecule has 2 aliphatic rings. The monoisotopic (exact) mass is 637 g/mol. The lowest BCUT2D eigenvalue weighted by Gasteiger charge is -2.33. The second-order valence-corrected chi connectivity index (χ2v) is 12.9. The molecule has 6 rings (SSSR count). The van der Waals surface area contributed by atoms with Crippen molar-refractivity contribution in [2.75, 3.05) is 25.0 Å². The van der Waals surface area contributed by atoms with E-state index in [1.54, 1.807) is 23.5 Å². The largest absolute Gasteiger partial charge is 0.459 e. The van der Waals surface area contributed by atoms with Crippen molar-refractivity contribution in [2.45, 2.75) is 65.0 Å². The van der Waals surface area contributed by atoms with Gasteiger partial charge in [-0.2, -0.15) is 5.10 Å². The third-order valence-corrected chi connectivity index (χ3v) is 8.02. The van der Waals surface area contributed by atoms with Gasteiger partial charge >= 0.3 is 12.1 Å². The molecule has 2 aromatic carbocycles. The second-order valence-electron chi connectivity index (χ2n) is 12.9. The Morgan fingerprint density at radius 1 is 0.957 bits per heavy atom. The maximum Gasteiger partial charge on any atom is 0.410 e. The molecule has 3 heterocycles. The molecule has 12 heteroatoms. The number of hydrogen-bond donors (Lipinski definition) is 1. The van der Waals surface area contributed by atoms with Crippen molar-refractivity contribution >= 4 is 23.9 Å². The normalized spacial score (nSPS) is 15.0. The van der Waals surface area contributed by atoms with Crippen LogP contribution in [-0.2, 0) is 51.6 Å². The van der Waals surface area contributed by atoms with Gasteiger partial charge in [-0.15, -0.1) is 0 Å². The fourth-order valence-electron chi connectivity index (χ4n) is 5.81. The molecule has 0 unspecified atom stereocenters. The summed E-state index contributed by atoms with van der Waals surface area (Å²) >= 11 is 0. The van der Waals surface area contributed by atoms with Crippen molar-refractivity contribution in [2.24, 2.45) is 0 Å². The minimum atomic E-state index is -0.637. The minimum Gasteiger partial charge on any atom is -0.459 e. The molecule has 2 amide bonds. The van der Waals surface area contributed by atoms with Gasteiger partial charge in [0.1, 0.15) is 25.3 Å². The summed E-state index contributed by atoms with van der Waals surface area (Å²) in [4.78, 5) is 50.7. The Labute approximate surface area is 273 Å². The first kappa shape index (κ1) is 31.7. The number of fused-ring (bicyclic) bond motifs is 1. The highest BCUT2D eigenvalue weighted by molar-refractivity contribution is 5.83. The number of carbonyl (C=O) groups is 3. The highest BCUT2D eigenvalue weighted by atomic mass is 16.6. The average molecular weight is 638 g/mol. The first-order valence-electron chi connectivity index (χ1n) is 15.8. The van der Waals surface area contributed by atoms with Gasteiger partial charge in [-0.25, -0.2) is 14.8 Å². The fraction of sp³-hybridized carbons (Fsp3) is 0.371. The van der Waals surface area contributed by atoms with Gasteiger partial charge in [-0.1, -0.05) is 54.6 Å². The van der Waals surface area contributed by atoms with Crippen molar-refractivity contribution in [1.29, 1.82) is 0 Å². The van der Waals surface area contributed by atoms with Crippen molar-refractivity contribution in [3.8, 4) is 11.1 Å². The van der Waals surface area contributed by atoms with Gasteiger partial charge in [0.25, 0.3) is 0 Å². The molecule has 1 aliphatic carbocycles. The Hall–Kier alpha value is -5.26. The number of ether oxygens (including phenoxy) is 2. The molecule has 0 radical (unpaired) electrons. The van der Waals surface area contributed by atoms with Gasteiger partial charge in [0.2, 0.25) is 11.9 Å². The number of carbonyl (C=O) groups excluding carboxylic acids is 3. The Morgan fingerprint density at radius 2 is 1.64 bits per heavy atom. The highest BCUT2D eigenvalue weighted by Gasteiger charge is 2.30. The standard InChI is InChI=1S/C35H39N7O5/c1-35(2,3)47-32(44)22-42-19-29(27-17-36-33(37-18-27)38-28-15-25-11-7-8-12-26(25)16-28)30(39-42)20-40-13-14-41(21-31(40)43)34(45)46-23-24-9-5-4-6-10-24/h4-12,17-19,28H,13-16,20-23H2,1-3H3,(H,36,37,38). The molecule has 1 aliphatic heterocycles. The zero-order chi connectivity index (χ0) is 33.0. The first-order valence-corrected chi connectivity index (χ1v) is 15.8. The van der Waals surface area contributed by atoms with Gasteiger partial charge in [0.15, 0.2) is 0 Å². The zero-order valence-electron chi connectivity index (χ0n) is 26.9. The predicted molar refractivity (Wildman–Crippen MR) is 174 cm³/mol. The van der Waals surface area contributed by atoms with Crippen LogP contribution in [0, 0.1) is 0 Å². The zero-order valence-corrected chi connectivity index (χ0v) is 26.9. The molecule has 0 atom stereocenters. The number of nitrogens with zero attached hydrogens (tertiary/aromatic N) is 6. The Morgan fingerprint density at radius 3 is 2.30 bits per heavy atom. The van der Waals surface area contributed by atoms with Crippen LogP contribution in [0.2, 0.25) is 0 Å². The number of hydrogen-bond acceptors (Lipinski definition) is 9. The number of anilines is 1. The number of aromatic nitrogens is 4. The van der Waals surface area contributed by atoms with Crippen LogP contribution in [-0.4, -0.2) is 78.8 Å². The summed E-state index contributed by atoms with van der Waals surface area (Å²) in [6.45, 7) is 6.18. The lowest BCUT2D eigenvalue weighted by Crippen LogP contribution is -2.52. The predicted octanol–water partition coefficient (Wildman–Crippen LogP) is 4.24. The van der Waals surface area contributed by atoms with E-state index in [1.165, 1.54) is 20.7 Å². The number of piperazine rings is 1. The highest BCUT2D eigenvalue weighted by Crippen LogP contribution is 2.27. The first-order chi connectivity index (χ1) is 22.6. The maximum absolute atomic E-state index is 13.2. The Bertz CT molecular complexity index is 1710. The molecule has 1 fully saturated rings. The van der Waals surface area contributed by atoms with E-state index >= 15 is 0 Å². The summed E-state index contributed by atoms with van der Waals surface area (Å²) in [5.41, 5.74) is 4.89. The van der Waals surface area contributed by atoms with E-state index in [0.717, 1.165) is 18.4 Å². The van der Waals surface area contributed by atoms with Crippen LogP contribution >= 0.6 is 0 Å². The van der Waals surface area contributed by atoms with E-state index < -0.39 is 17.7 Å². The molecule has 244 valence electrons. The summed E-state index contributed by atoms with van der Waals surface area (Å²) in [6, 6.07) is 18.0. The number of benzene rings is 2. The number of amides is 2. The third kappa shape index (κ3) is 8.13. The minimum absolute atomic E-state index is 0.0953. The van der Waals surface area contributed by atoms with Crippen LogP contribution in [0.5, 0.6) is 0 Å². The SMILES string of the molecule is CC(C)(C)OC(=O)Cn1cc(-c2cnc(NC3Cc4ccccc4C3)nc2)c(CN2CCN(C(=O)OCc3ccccc3)CC2=O)n1. The van der Waals surface area contributed by atoms with Crippen LogP contribution in [0.1, 0.15) is 43.2 Å². The molecule has 47 heavy (non-hydrogen) atoms. The molecule has 4 aromatic rings. The molecule has 0 spiro atoms. The van der Waals surface area contributed by atoms with Gasteiger partial charge in [0.05, 0.1) is 12.2 Å². The summed E-state index contributed by atoms with van der Waals surface area (Å²) in [7, 11) is 0. The van der Waals surface area contributed by atoms with Crippen molar-refractivity contribution < 1.29 is 23.9 Å². The van der Waals surface area contributed by atoms with Gasteiger partial charge in [0, 0.05) is 48.8 Å². The fourth-order valence-corrected chi connectivity index (χ4v) is 5.81.